The Hall–Kier alpha value is -1.88. The highest BCUT2D eigenvalue weighted by atomic mass is 79.9. The standard InChI is InChI=1S/C14H11BrN2O2/c1-8-9(4-3-5-10(8)15)13-16-12-11(19-13)6-7-17(2)14(12)18/h3-7H,1-2H3. The first-order chi connectivity index (χ1) is 9.08. The number of nitrogens with zero attached hydrogens (tertiary/aromatic N) is 2. The van der Waals surface area contributed by atoms with Crippen molar-refractivity contribution in [3.05, 3.63) is 50.9 Å². The van der Waals surface area contributed by atoms with Crippen LogP contribution in [0.5, 0.6) is 0 Å². The summed E-state index contributed by atoms with van der Waals surface area (Å²) in [6.07, 6.45) is 1.67. The van der Waals surface area contributed by atoms with Gasteiger partial charge in [-0.3, -0.25) is 4.79 Å². The van der Waals surface area contributed by atoms with Crippen molar-refractivity contribution in [2.45, 2.75) is 6.92 Å². The van der Waals surface area contributed by atoms with Crippen LogP contribution in [0.1, 0.15) is 5.56 Å². The number of benzene rings is 1. The van der Waals surface area contributed by atoms with E-state index in [1.54, 1.807) is 19.3 Å². The van der Waals surface area contributed by atoms with Crippen molar-refractivity contribution in [1.82, 2.24) is 9.55 Å². The molecule has 0 amide bonds. The number of pyridine rings is 1. The fraction of sp³-hybridized carbons (Fsp3) is 0.143. The molecule has 0 unspecified atom stereocenters. The van der Waals surface area contributed by atoms with E-state index >= 15 is 0 Å². The maximum atomic E-state index is 12.0. The van der Waals surface area contributed by atoms with Crippen molar-refractivity contribution in [3.63, 3.8) is 0 Å². The number of fused-ring (bicyclic) bond motifs is 1. The Morgan fingerprint density at radius 3 is 2.89 bits per heavy atom. The first-order valence-corrected chi connectivity index (χ1v) is 6.59. The van der Waals surface area contributed by atoms with Gasteiger partial charge in [-0.1, -0.05) is 22.0 Å². The molecule has 4 nitrogen and oxygen atoms in total. The third kappa shape index (κ3) is 1.90. The molecule has 0 spiro atoms. The van der Waals surface area contributed by atoms with Gasteiger partial charge in [-0.25, -0.2) is 4.98 Å². The normalized spacial score (nSPS) is 11.1. The number of hydrogen-bond acceptors (Lipinski definition) is 3. The lowest BCUT2D eigenvalue weighted by molar-refractivity contribution is 0.618. The summed E-state index contributed by atoms with van der Waals surface area (Å²) in [4.78, 5) is 16.3. The van der Waals surface area contributed by atoms with E-state index in [1.807, 2.05) is 25.1 Å². The molecule has 0 fully saturated rings. The number of oxazole rings is 1. The molecule has 0 saturated heterocycles. The molecule has 0 aliphatic heterocycles. The molecule has 0 aliphatic rings. The van der Waals surface area contributed by atoms with E-state index in [9.17, 15) is 4.79 Å². The lowest BCUT2D eigenvalue weighted by Gasteiger charge is -2.02. The molecule has 0 aliphatic carbocycles. The molecule has 2 aromatic heterocycles. The molecule has 0 atom stereocenters. The smallest absolute Gasteiger partial charge is 0.280 e. The first-order valence-electron chi connectivity index (χ1n) is 5.79. The third-order valence-electron chi connectivity index (χ3n) is 3.12. The van der Waals surface area contributed by atoms with Crippen LogP contribution in [0.15, 0.2) is 44.1 Å². The van der Waals surface area contributed by atoms with Gasteiger partial charge in [0.05, 0.1) is 0 Å². The Kier molecular flexibility index (Phi) is 2.78. The zero-order valence-electron chi connectivity index (χ0n) is 10.5. The topological polar surface area (TPSA) is 48.0 Å². The SMILES string of the molecule is Cc1c(Br)cccc1-c1nc2c(=O)n(C)ccc2o1. The molecule has 0 bridgehead atoms. The van der Waals surface area contributed by atoms with Crippen LogP contribution in [0.25, 0.3) is 22.6 Å². The van der Waals surface area contributed by atoms with Gasteiger partial charge in [0.2, 0.25) is 5.89 Å². The molecular weight excluding hydrogens is 308 g/mol. The summed E-state index contributed by atoms with van der Waals surface area (Å²) >= 11 is 3.48. The number of aromatic nitrogens is 2. The highest BCUT2D eigenvalue weighted by Crippen LogP contribution is 2.29. The first kappa shape index (κ1) is 12.2. The number of rotatable bonds is 1. The summed E-state index contributed by atoms with van der Waals surface area (Å²) in [6.45, 7) is 1.98. The molecule has 0 radical (unpaired) electrons. The van der Waals surface area contributed by atoms with Crippen LogP contribution in [-0.2, 0) is 7.05 Å². The van der Waals surface area contributed by atoms with Crippen molar-refractivity contribution in [1.29, 1.82) is 0 Å². The number of halogens is 1. The Morgan fingerprint density at radius 2 is 2.11 bits per heavy atom. The molecule has 3 aromatic rings. The van der Waals surface area contributed by atoms with Crippen LogP contribution in [0.4, 0.5) is 0 Å². The second-order valence-corrected chi connectivity index (χ2v) is 5.23. The minimum atomic E-state index is -0.153. The lowest BCUT2D eigenvalue weighted by atomic mass is 10.1. The summed E-state index contributed by atoms with van der Waals surface area (Å²) < 4.78 is 8.16. The quantitative estimate of drug-likeness (QED) is 0.692. The molecular formula is C14H11BrN2O2. The van der Waals surface area contributed by atoms with Gasteiger partial charge in [-0.2, -0.15) is 0 Å². The van der Waals surface area contributed by atoms with Crippen molar-refractivity contribution in [2.75, 3.05) is 0 Å². The highest BCUT2D eigenvalue weighted by Gasteiger charge is 2.14. The predicted molar refractivity (Wildman–Crippen MR) is 77.1 cm³/mol. The fourth-order valence-electron chi connectivity index (χ4n) is 1.97. The predicted octanol–water partition coefficient (Wildman–Crippen LogP) is 3.26. The van der Waals surface area contributed by atoms with E-state index in [0.29, 0.717) is 17.0 Å². The molecule has 96 valence electrons. The molecule has 5 heteroatoms. The lowest BCUT2D eigenvalue weighted by Crippen LogP contribution is -2.15. The van der Waals surface area contributed by atoms with Gasteiger partial charge in [0.1, 0.15) is 0 Å². The van der Waals surface area contributed by atoms with Crippen molar-refractivity contribution < 1.29 is 4.42 Å². The van der Waals surface area contributed by atoms with Gasteiger partial charge < -0.3 is 8.98 Å². The van der Waals surface area contributed by atoms with E-state index in [4.69, 9.17) is 4.42 Å². The van der Waals surface area contributed by atoms with Crippen LogP contribution in [0.3, 0.4) is 0 Å². The summed E-state index contributed by atoms with van der Waals surface area (Å²) in [5.41, 5.74) is 2.63. The zero-order valence-corrected chi connectivity index (χ0v) is 12.1. The maximum absolute atomic E-state index is 12.0. The van der Waals surface area contributed by atoms with Crippen molar-refractivity contribution in [3.8, 4) is 11.5 Å². The average molecular weight is 319 g/mol. The third-order valence-corrected chi connectivity index (χ3v) is 3.98. The average Bonchev–Trinajstić information content (AvgIpc) is 2.82. The molecule has 3 rings (SSSR count). The Labute approximate surface area is 117 Å². The number of hydrogen-bond donors (Lipinski definition) is 0. The van der Waals surface area contributed by atoms with E-state index in [2.05, 4.69) is 20.9 Å². The summed E-state index contributed by atoms with van der Waals surface area (Å²) in [6, 6.07) is 7.55. The monoisotopic (exact) mass is 318 g/mol. The van der Waals surface area contributed by atoms with Crippen LogP contribution in [0, 0.1) is 6.92 Å². The van der Waals surface area contributed by atoms with E-state index in [1.165, 1.54) is 4.57 Å². The second-order valence-electron chi connectivity index (χ2n) is 4.38. The Balaban J connectivity index is 2.30. The van der Waals surface area contributed by atoms with Gasteiger partial charge in [0, 0.05) is 23.3 Å². The van der Waals surface area contributed by atoms with Gasteiger partial charge in [0.25, 0.3) is 5.56 Å². The number of aryl methyl sites for hydroxylation is 1. The van der Waals surface area contributed by atoms with Gasteiger partial charge in [-0.05, 0) is 30.7 Å². The fourth-order valence-corrected chi connectivity index (χ4v) is 2.33. The molecule has 2 heterocycles. The van der Waals surface area contributed by atoms with Gasteiger partial charge in [-0.15, -0.1) is 0 Å². The van der Waals surface area contributed by atoms with E-state index in [0.717, 1.165) is 15.6 Å². The van der Waals surface area contributed by atoms with Crippen molar-refractivity contribution in [2.24, 2.45) is 7.05 Å². The minimum absolute atomic E-state index is 0.153. The van der Waals surface area contributed by atoms with Crippen LogP contribution in [0.2, 0.25) is 0 Å². The zero-order chi connectivity index (χ0) is 13.6. The van der Waals surface area contributed by atoms with Crippen LogP contribution in [-0.4, -0.2) is 9.55 Å². The van der Waals surface area contributed by atoms with Gasteiger partial charge >= 0.3 is 0 Å². The van der Waals surface area contributed by atoms with Crippen LogP contribution < -0.4 is 5.56 Å². The largest absolute Gasteiger partial charge is 0.436 e. The van der Waals surface area contributed by atoms with Crippen LogP contribution >= 0.6 is 15.9 Å². The Bertz CT molecular complexity index is 833. The second kappa shape index (κ2) is 4.35. The van der Waals surface area contributed by atoms with E-state index < -0.39 is 0 Å². The summed E-state index contributed by atoms with van der Waals surface area (Å²) in [5, 5.41) is 0. The van der Waals surface area contributed by atoms with E-state index in [-0.39, 0.29) is 5.56 Å². The van der Waals surface area contributed by atoms with Crippen molar-refractivity contribution >= 4 is 27.0 Å². The highest BCUT2D eigenvalue weighted by molar-refractivity contribution is 9.10. The minimum Gasteiger partial charge on any atom is -0.436 e. The maximum Gasteiger partial charge on any atom is 0.280 e. The molecule has 1 aromatic carbocycles. The molecule has 0 saturated carbocycles. The summed E-state index contributed by atoms with van der Waals surface area (Å²) in [5.74, 6) is 0.470. The molecule has 19 heavy (non-hydrogen) atoms. The van der Waals surface area contributed by atoms with Gasteiger partial charge in [0.15, 0.2) is 11.1 Å². The summed E-state index contributed by atoms with van der Waals surface area (Å²) in [7, 11) is 1.69. The Morgan fingerprint density at radius 1 is 1.32 bits per heavy atom. The molecule has 0 N–H and O–H groups in total.